The molecule has 1 atom stereocenters. The van der Waals surface area contributed by atoms with Gasteiger partial charge in [0.05, 0.1) is 27.5 Å². The summed E-state index contributed by atoms with van der Waals surface area (Å²) >= 11 is 6.76. The van der Waals surface area contributed by atoms with E-state index in [2.05, 4.69) is 9.97 Å². The lowest BCUT2D eigenvalue weighted by Gasteiger charge is -2.41. The van der Waals surface area contributed by atoms with Crippen LogP contribution >= 0.6 is 11.6 Å². The molecule has 3 aromatic heterocycles. The van der Waals surface area contributed by atoms with Gasteiger partial charge >= 0.3 is 11.8 Å². The predicted molar refractivity (Wildman–Crippen MR) is 168 cm³/mol. The minimum Gasteiger partial charge on any atom is -0.505 e. The highest BCUT2D eigenvalue weighted by Crippen LogP contribution is 2.37. The maximum absolute atomic E-state index is 15.1. The van der Waals surface area contributed by atoms with Crippen molar-refractivity contribution in [3.8, 4) is 22.7 Å². The van der Waals surface area contributed by atoms with E-state index in [9.17, 15) is 14.7 Å². The lowest BCUT2D eigenvalue weighted by Crippen LogP contribution is -2.55. The van der Waals surface area contributed by atoms with Crippen molar-refractivity contribution >= 4 is 34.5 Å². The number of ether oxygens (including phenoxy) is 1. The number of pyridine rings is 2. The molecule has 10 nitrogen and oxygen atoms in total. The van der Waals surface area contributed by atoms with E-state index < -0.39 is 29.0 Å². The predicted octanol–water partition coefficient (Wildman–Crippen LogP) is 6.22. The Morgan fingerprint density at radius 2 is 1.91 bits per heavy atom. The zero-order chi connectivity index (χ0) is 32.1. The number of aryl methyl sites for hydroxylation is 1. The van der Waals surface area contributed by atoms with Crippen molar-refractivity contribution in [3.05, 3.63) is 69.1 Å². The third-order valence-electron chi connectivity index (χ3n) is 7.51. The van der Waals surface area contributed by atoms with E-state index >= 15 is 4.39 Å². The molecule has 44 heavy (non-hydrogen) atoms. The maximum atomic E-state index is 15.1. The molecule has 1 N–H and O–H groups in total. The van der Waals surface area contributed by atoms with Crippen LogP contribution in [-0.4, -0.2) is 66.9 Å². The topological polar surface area (TPSA) is 114 Å². The van der Waals surface area contributed by atoms with Crippen LogP contribution in [0.25, 0.3) is 28.0 Å². The highest BCUT2D eigenvalue weighted by molar-refractivity contribution is 6.34. The van der Waals surface area contributed by atoms with E-state index in [1.165, 1.54) is 22.8 Å². The number of benzene rings is 1. The SMILES string of the molecule is Cc1ccnc(C(C)C)c1-n1c(=O)nc(N2CCN(C(=O)OC(C)(C)C)C[C@@H]2C)c2cc(Cl)c(-c3cccc(O)c3F)nc21. The highest BCUT2D eigenvalue weighted by Gasteiger charge is 2.33. The van der Waals surface area contributed by atoms with Crippen molar-refractivity contribution in [2.24, 2.45) is 0 Å². The number of halogens is 2. The molecule has 1 aliphatic heterocycles. The number of carbonyl (C=O) groups is 1. The van der Waals surface area contributed by atoms with Gasteiger partial charge in [-0.1, -0.05) is 31.5 Å². The molecule has 5 rings (SSSR count). The fourth-order valence-corrected chi connectivity index (χ4v) is 5.72. The largest absolute Gasteiger partial charge is 0.505 e. The van der Waals surface area contributed by atoms with Crippen LogP contribution in [0.3, 0.4) is 0 Å². The van der Waals surface area contributed by atoms with E-state index in [0.29, 0.717) is 42.2 Å². The first kappa shape index (κ1) is 31.2. The highest BCUT2D eigenvalue weighted by atomic mass is 35.5. The summed E-state index contributed by atoms with van der Waals surface area (Å²) in [7, 11) is 0. The van der Waals surface area contributed by atoms with Gasteiger partial charge in [-0.05, 0) is 70.4 Å². The molecule has 0 unspecified atom stereocenters. The number of rotatable bonds is 4. The van der Waals surface area contributed by atoms with Crippen LogP contribution in [0.15, 0.2) is 41.3 Å². The van der Waals surface area contributed by atoms with Gasteiger partial charge in [0.25, 0.3) is 0 Å². The zero-order valence-corrected chi connectivity index (χ0v) is 26.6. The third-order valence-corrected chi connectivity index (χ3v) is 7.80. The van der Waals surface area contributed by atoms with Gasteiger partial charge in [0.2, 0.25) is 0 Å². The molecule has 4 heterocycles. The number of nitrogens with zero attached hydrogens (tertiary/aromatic N) is 6. The Hall–Kier alpha value is -4.25. The summed E-state index contributed by atoms with van der Waals surface area (Å²) in [6.07, 6.45) is 1.28. The lowest BCUT2D eigenvalue weighted by atomic mass is 10.0. The molecule has 0 radical (unpaired) electrons. The van der Waals surface area contributed by atoms with Gasteiger partial charge in [0.1, 0.15) is 11.4 Å². The van der Waals surface area contributed by atoms with Crippen molar-refractivity contribution < 1.29 is 19.0 Å². The van der Waals surface area contributed by atoms with Crippen LogP contribution in [0.2, 0.25) is 5.02 Å². The van der Waals surface area contributed by atoms with Gasteiger partial charge in [0.15, 0.2) is 17.2 Å². The van der Waals surface area contributed by atoms with Gasteiger partial charge in [-0.3, -0.25) is 4.98 Å². The van der Waals surface area contributed by atoms with Gasteiger partial charge in [-0.2, -0.15) is 4.98 Å². The maximum Gasteiger partial charge on any atom is 0.410 e. The van der Waals surface area contributed by atoms with Crippen molar-refractivity contribution in [1.29, 1.82) is 0 Å². The first-order chi connectivity index (χ1) is 20.7. The molecule has 232 valence electrons. The zero-order valence-electron chi connectivity index (χ0n) is 25.9. The Kier molecular flexibility index (Phi) is 8.28. The second kappa shape index (κ2) is 11.7. The summed E-state index contributed by atoms with van der Waals surface area (Å²) in [5, 5.41) is 10.7. The Morgan fingerprint density at radius 3 is 2.57 bits per heavy atom. The number of aromatic nitrogens is 4. The summed E-state index contributed by atoms with van der Waals surface area (Å²) in [4.78, 5) is 44.3. The summed E-state index contributed by atoms with van der Waals surface area (Å²) in [5.74, 6) is -1.11. The second-order valence-corrected chi connectivity index (χ2v) is 12.8. The van der Waals surface area contributed by atoms with Crippen LogP contribution in [-0.2, 0) is 4.74 Å². The monoisotopic (exact) mass is 622 g/mol. The fraction of sp³-hybridized carbons (Fsp3) is 0.406. The summed E-state index contributed by atoms with van der Waals surface area (Å²) in [6, 6.07) is 7.38. The van der Waals surface area contributed by atoms with E-state index in [0.717, 1.165) is 5.56 Å². The van der Waals surface area contributed by atoms with Crippen LogP contribution < -0.4 is 10.6 Å². The number of amides is 1. The van der Waals surface area contributed by atoms with Crippen molar-refractivity contribution in [2.75, 3.05) is 24.5 Å². The summed E-state index contributed by atoms with van der Waals surface area (Å²) in [6.45, 7) is 14.3. The number of aromatic hydroxyl groups is 1. The van der Waals surface area contributed by atoms with E-state index in [4.69, 9.17) is 21.3 Å². The van der Waals surface area contributed by atoms with Crippen LogP contribution in [0, 0.1) is 12.7 Å². The molecule has 0 spiro atoms. The van der Waals surface area contributed by atoms with Crippen LogP contribution in [0.5, 0.6) is 5.75 Å². The van der Waals surface area contributed by atoms with Crippen LogP contribution in [0.1, 0.15) is 58.7 Å². The molecular formula is C32H36ClFN6O4. The van der Waals surface area contributed by atoms with E-state index in [1.807, 2.05) is 53.4 Å². The molecule has 1 aliphatic rings. The fourth-order valence-electron chi connectivity index (χ4n) is 5.47. The molecule has 1 amide bonds. The lowest BCUT2D eigenvalue weighted by molar-refractivity contribution is 0.0218. The molecular weight excluding hydrogens is 587 g/mol. The molecule has 1 saturated heterocycles. The minimum atomic E-state index is -0.878. The minimum absolute atomic E-state index is 0.0133. The average molecular weight is 623 g/mol. The Morgan fingerprint density at radius 1 is 1.18 bits per heavy atom. The third kappa shape index (κ3) is 5.80. The number of fused-ring (bicyclic) bond motifs is 1. The number of hydrogen-bond acceptors (Lipinski definition) is 8. The number of phenols is 1. The van der Waals surface area contributed by atoms with Crippen LogP contribution in [0.4, 0.5) is 15.0 Å². The van der Waals surface area contributed by atoms with Crippen molar-refractivity contribution in [3.63, 3.8) is 0 Å². The second-order valence-electron chi connectivity index (χ2n) is 12.4. The van der Waals surface area contributed by atoms with Gasteiger partial charge < -0.3 is 19.6 Å². The standard InChI is InChI=1S/C32H36ClFN6O4/c1-17(2)25-27(18(3)11-12-35-25)40-29-21(15-22(33)26(36-29)20-9-8-10-23(41)24(20)34)28(37-30(40)42)39-14-13-38(16-19(39)4)31(43)44-32(5,6)7/h8-12,15,17,19,41H,13-14,16H2,1-7H3/t19-/m0/s1. The molecule has 4 aromatic rings. The molecule has 0 aliphatic carbocycles. The Labute approximate surface area is 260 Å². The van der Waals surface area contributed by atoms with Crippen molar-refractivity contribution in [2.45, 2.75) is 66.0 Å². The quantitative estimate of drug-likeness (QED) is 0.285. The smallest absolute Gasteiger partial charge is 0.410 e. The van der Waals surface area contributed by atoms with Gasteiger partial charge in [-0.25, -0.2) is 23.5 Å². The normalized spacial score (nSPS) is 15.7. The number of anilines is 1. The molecule has 12 heteroatoms. The Bertz CT molecular complexity index is 1820. The van der Waals surface area contributed by atoms with Crippen molar-refractivity contribution in [1.82, 2.24) is 24.4 Å². The first-order valence-corrected chi connectivity index (χ1v) is 14.9. The molecule has 0 bridgehead atoms. The van der Waals surface area contributed by atoms with Gasteiger partial charge in [-0.15, -0.1) is 0 Å². The molecule has 1 aromatic carbocycles. The summed E-state index contributed by atoms with van der Waals surface area (Å²) in [5.41, 5.74) is 1.03. The number of piperazine rings is 1. The average Bonchev–Trinajstić information content (AvgIpc) is 2.93. The molecule has 1 fully saturated rings. The number of carbonyl (C=O) groups excluding carboxylic acids is 1. The van der Waals surface area contributed by atoms with E-state index in [1.54, 1.807) is 23.2 Å². The number of phenolic OH excluding ortho intramolecular Hbond substituents is 1. The summed E-state index contributed by atoms with van der Waals surface area (Å²) < 4.78 is 22.1. The first-order valence-electron chi connectivity index (χ1n) is 14.5. The van der Waals surface area contributed by atoms with E-state index in [-0.39, 0.29) is 33.9 Å². The molecule has 0 saturated carbocycles. The Balaban J connectivity index is 1.73. The number of hydrogen-bond donors (Lipinski definition) is 1. The van der Waals surface area contributed by atoms with Gasteiger partial charge in [0, 0.05) is 37.4 Å².